The van der Waals surface area contributed by atoms with Crippen molar-refractivity contribution in [2.75, 3.05) is 19.0 Å². The highest BCUT2D eigenvalue weighted by Crippen LogP contribution is 2.36. The molecule has 4 aromatic rings. The molecule has 2 heterocycles. The summed E-state index contributed by atoms with van der Waals surface area (Å²) in [5.41, 5.74) is 5.95. The van der Waals surface area contributed by atoms with Gasteiger partial charge >= 0.3 is 0 Å². The third-order valence-electron chi connectivity index (χ3n) is 6.26. The lowest BCUT2D eigenvalue weighted by molar-refractivity contribution is 0.0933. The number of halogens is 2. The molecule has 0 radical (unpaired) electrons. The number of rotatable bonds is 4. The van der Waals surface area contributed by atoms with Gasteiger partial charge in [0.15, 0.2) is 0 Å². The van der Waals surface area contributed by atoms with Gasteiger partial charge in [-0.25, -0.2) is 0 Å². The minimum atomic E-state index is -0.135. The van der Waals surface area contributed by atoms with Crippen LogP contribution in [0.3, 0.4) is 0 Å². The van der Waals surface area contributed by atoms with Gasteiger partial charge in [-0.15, -0.1) is 0 Å². The predicted molar refractivity (Wildman–Crippen MR) is 139 cm³/mol. The van der Waals surface area contributed by atoms with Gasteiger partial charge in [0, 0.05) is 47.5 Å². The lowest BCUT2D eigenvalue weighted by atomic mass is 9.87. The molecule has 0 aliphatic heterocycles. The number of pyridine rings is 2. The van der Waals surface area contributed by atoms with Crippen LogP contribution in [0.5, 0.6) is 0 Å². The summed E-state index contributed by atoms with van der Waals surface area (Å²) in [6, 6.07) is 15.5. The first kappa shape index (κ1) is 22.6. The number of hydrogen-bond acceptors (Lipinski definition) is 4. The monoisotopic (exact) mass is 490 g/mol. The molecule has 0 unspecified atom stereocenters. The summed E-state index contributed by atoms with van der Waals surface area (Å²) in [5.74, 6) is -0.135. The molecule has 0 saturated heterocycles. The number of carbonyl (C=O) groups is 1. The zero-order valence-electron chi connectivity index (χ0n) is 19.0. The van der Waals surface area contributed by atoms with Crippen LogP contribution < -0.4 is 10.2 Å². The molecule has 1 amide bonds. The maximum absolute atomic E-state index is 13.5. The van der Waals surface area contributed by atoms with Gasteiger partial charge in [0.2, 0.25) is 0 Å². The number of anilines is 1. The fourth-order valence-corrected chi connectivity index (χ4v) is 5.33. The van der Waals surface area contributed by atoms with Crippen LogP contribution in [0.1, 0.15) is 40.4 Å². The molecule has 0 spiro atoms. The topological polar surface area (TPSA) is 58.1 Å². The molecule has 2 aromatic heterocycles. The molecular weight excluding hydrogens is 467 g/mol. The maximum atomic E-state index is 13.5. The summed E-state index contributed by atoms with van der Waals surface area (Å²) in [4.78, 5) is 24.7. The SMILES string of the molecule is CN(C)c1c(C(=O)N[C@@H]2CCCc3ccccc32)cnc2c(-c3cc(Cl)cc(Cl)c3)nccc12. The Kier molecular flexibility index (Phi) is 6.15. The van der Waals surface area contributed by atoms with Crippen molar-refractivity contribution in [1.29, 1.82) is 0 Å². The van der Waals surface area contributed by atoms with E-state index in [1.54, 1.807) is 18.5 Å². The lowest BCUT2D eigenvalue weighted by Crippen LogP contribution is -2.32. The van der Waals surface area contributed by atoms with E-state index in [1.165, 1.54) is 11.1 Å². The molecule has 0 bridgehead atoms. The normalized spacial score (nSPS) is 15.1. The van der Waals surface area contributed by atoms with Crippen molar-refractivity contribution >= 4 is 45.7 Å². The van der Waals surface area contributed by atoms with Crippen LogP contribution in [0, 0.1) is 0 Å². The first-order chi connectivity index (χ1) is 16.4. The van der Waals surface area contributed by atoms with E-state index in [0.717, 1.165) is 35.9 Å². The highest BCUT2D eigenvalue weighted by Gasteiger charge is 2.25. The number of aryl methyl sites for hydroxylation is 1. The Morgan fingerprint density at radius 3 is 2.59 bits per heavy atom. The smallest absolute Gasteiger partial charge is 0.255 e. The Morgan fingerprint density at radius 2 is 1.82 bits per heavy atom. The second kappa shape index (κ2) is 9.24. The van der Waals surface area contributed by atoms with Gasteiger partial charge in [-0.3, -0.25) is 14.8 Å². The van der Waals surface area contributed by atoms with Crippen molar-refractivity contribution in [2.45, 2.75) is 25.3 Å². The number of carbonyl (C=O) groups excluding carboxylic acids is 1. The zero-order valence-corrected chi connectivity index (χ0v) is 20.5. The van der Waals surface area contributed by atoms with Crippen molar-refractivity contribution in [1.82, 2.24) is 15.3 Å². The Balaban J connectivity index is 1.58. The molecule has 7 heteroatoms. The van der Waals surface area contributed by atoms with Crippen molar-refractivity contribution in [3.63, 3.8) is 0 Å². The molecule has 172 valence electrons. The van der Waals surface area contributed by atoms with Gasteiger partial charge < -0.3 is 10.2 Å². The van der Waals surface area contributed by atoms with E-state index in [4.69, 9.17) is 23.2 Å². The van der Waals surface area contributed by atoms with Crippen LogP contribution in [0.15, 0.2) is 60.9 Å². The van der Waals surface area contributed by atoms with Crippen LogP contribution in [-0.4, -0.2) is 30.0 Å². The average Bonchev–Trinajstić information content (AvgIpc) is 2.82. The van der Waals surface area contributed by atoms with E-state index in [9.17, 15) is 4.79 Å². The van der Waals surface area contributed by atoms with Crippen molar-refractivity contribution in [3.05, 3.63) is 87.7 Å². The van der Waals surface area contributed by atoms with Gasteiger partial charge in [0.05, 0.1) is 28.5 Å². The number of nitrogens with zero attached hydrogens (tertiary/aromatic N) is 3. The summed E-state index contributed by atoms with van der Waals surface area (Å²) >= 11 is 12.5. The van der Waals surface area contributed by atoms with Crippen LogP contribution in [0.25, 0.3) is 22.2 Å². The van der Waals surface area contributed by atoms with E-state index in [1.807, 2.05) is 43.3 Å². The predicted octanol–water partition coefficient (Wildman–Crippen LogP) is 6.48. The van der Waals surface area contributed by atoms with E-state index in [2.05, 4.69) is 33.5 Å². The molecular formula is C27H24Cl2N4O. The van der Waals surface area contributed by atoms with E-state index >= 15 is 0 Å². The molecule has 1 aliphatic carbocycles. The van der Waals surface area contributed by atoms with Gasteiger partial charge in [-0.1, -0.05) is 47.5 Å². The summed E-state index contributed by atoms with van der Waals surface area (Å²) in [7, 11) is 3.86. The first-order valence-electron chi connectivity index (χ1n) is 11.2. The Morgan fingerprint density at radius 1 is 1.06 bits per heavy atom. The van der Waals surface area contributed by atoms with Crippen LogP contribution in [0.4, 0.5) is 5.69 Å². The molecule has 34 heavy (non-hydrogen) atoms. The van der Waals surface area contributed by atoms with Crippen molar-refractivity contribution < 1.29 is 4.79 Å². The first-order valence-corrected chi connectivity index (χ1v) is 12.0. The molecule has 5 rings (SSSR count). The van der Waals surface area contributed by atoms with Crippen molar-refractivity contribution in [2.24, 2.45) is 0 Å². The Bertz CT molecular complexity index is 1380. The largest absolute Gasteiger partial charge is 0.376 e. The minimum Gasteiger partial charge on any atom is -0.376 e. The molecule has 5 nitrogen and oxygen atoms in total. The second-order valence-electron chi connectivity index (χ2n) is 8.75. The Hall–Kier alpha value is -3.15. The second-order valence-corrected chi connectivity index (χ2v) is 9.62. The molecule has 1 N–H and O–H groups in total. The van der Waals surface area contributed by atoms with Gasteiger partial charge in [-0.05, 0) is 54.7 Å². The lowest BCUT2D eigenvalue weighted by Gasteiger charge is -2.27. The quantitative estimate of drug-likeness (QED) is 0.355. The highest BCUT2D eigenvalue weighted by molar-refractivity contribution is 6.35. The van der Waals surface area contributed by atoms with Crippen LogP contribution >= 0.6 is 23.2 Å². The molecule has 2 aromatic carbocycles. The van der Waals surface area contributed by atoms with E-state index < -0.39 is 0 Å². The van der Waals surface area contributed by atoms with Gasteiger partial charge in [0.1, 0.15) is 0 Å². The third-order valence-corrected chi connectivity index (χ3v) is 6.70. The number of nitrogens with one attached hydrogen (secondary N) is 1. The summed E-state index contributed by atoms with van der Waals surface area (Å²) in [5, 5.41) is 5.14. The molecule has 1 atom stereocenters. The van der Waals surface area contributed by atoms with Crippen molar-refractivity contribution in [3.8, 4) is 11.3 Å². The summed E-state index contributed by atoms with van der Waals surface area (Å²) in [6.45, 7) is 0. The standard InChI is InChI=1S/C27H24Cl2N4O/c1-33(2)26-21-10-11-30-24(17-12-18(28)14-19(29)13-17)25(21)31-15-22(26)27(34)32-23-9-5-7-16-6-3-4-8-20(16)23/h3-4,6,8,10-15,23H,5,7,9H2,1-2H3,(H,32,34)/t23-/m1/s1. The molecule has 0 saturated carbocycles. The molecule has 0 fully saturated rings. The number of aromatic nitrogens is 2. The molecule has 1 aliphatic rings. The number of benzene rings is 2. The zero-order chi connectivity index (χ0) is 23.8. The Labute approximate surface area is 208 Å². The van der Waals surface area contributed by atoms with Gasteiger partial charge in [-0.2, -0.15) is 0 Å². The van der Waals surface area contributed by atoms with E-state index in [-0.39, 0.29) is 11.9 Å². The number of amides is 1. The summed E-state index contributed by atoms with van der Waals surface area (Å²) in [6.07, 6.45) is 6.38. The fraction of sp³-hybridized carbons (Fsp3) is 0.222. The average molecular weight is 491 g/mol. The number of fused-ring (bicyclic) bond motifs is 2. The van der Waals surface area contributed by atoms with Crippen LogP contribution in [-0.2, 0) is 6.42 Å². The third kappa shape index (κ3) is 4.22. The number of hydrogen-bond donors (Lipinski definition) is 1. The van der Waals surface area contributed by atoms with Crippen LogP contribution in [0.2, 0.25) is 10.0 Å². The van der Waals surface area contributed by atoms with Gasteiger partial charge in [0.25, 0.3) is 5.91 Å². The fourth-order valence-electron chi connectivity index (χ4n) is 4.80. The maximum Gasteiger partial charge on any atom is 0.255 e. The van der Waals surface area contributed by atoms with E-state index in [0.29, 0.717) is 26.8 Å². The summed E-state index contributed by atoms with van der Waals surface area (Å²) < 4.78 is 0. The minimum absolute atomic E-state index is 0.00948. The highest BCUT2D eigenvalue weighted by atomic mass is 35.5.